The molecule has 3 aromatic heterocycles. The molecule has 0 fully saturated rings. The first kappa shape index (κ1) is 16.4. The molecule has 4 aromatic rings. The van der Waals surface area contributed by atoms with Crippen LogP contribution in [0.25, 0.3) is 16.0 Å². The summed E-state index contributed by atoms with van der Waals surface area (Å²) < 4.78 is 3.77. The number of thioether (sulfide) groups is 2. The quantitative estimate of drug-likeness (QED) is 0.414. The second-order valence-electron chi connectivity index (χ2n) is 5.12. The third kappa shape index (κ3) is 3.12. The third-order valence-electron chi connectivity index (χ3n) is 3.46. The molecule has 0 atom stereocenters. The molecule has 10 heteroatoms. The maximum absolute atomic E-state index is 12.2. The van der Waals surface area contributed by atoms with Crippen LogP contribution in [0.2, 0.25) is 0 Å². The van der Waals surface area contributed by atoms with E-state index in [-0.39, 0.29) is 5.56 Å². The molecule has 2 N–H and O–H groups in total. The predicted molar refractivity (Wildman–Crippen MR) is 103 cm³/mol. The lowest BCUT2D eigenvalue weighted by Crippen LogP contribution is -2.15. The van der Waals surface area contributed by atoms with Gasteiger partial charge in [-0.1, -0.05) is 53.9 Å². The number of rotatable bonds is 5. The van der Waals surface area contributed by atoms with Gasteiger partial charge in [-0.25, -0.2) is 14.6 Å². The number of benzene rings is 1. The second kappa shape index (κ2) is 6.70. The Hall–Kier alpha value is -2.04. The van der Waals surface area contributed by atoms with Crippen LogP contribution in [0, 0.1) is 0 Å². The fourth-order valence-electron chi connectivity index (χ4n) is 2.36. The molecule has 128 valence electrons. The van der Waals surface area contributed by atoms with Crippen LogP contribution in [0.3, 0.4) is 0 Å². The first-order valence-electron chi connectivity index (χ1n) is 7.53. The molecule has 0 aliphatic heterocycles. The van der Waals surface area contributed by atoms with Crippen molar-refractivity contribution >= 4 is 50.9 Å². The van der Waals surface area contributed by atoms with Crippen LogP contribution in [0.5, 0.6) is 0 Å². The van der Waals surface area contributed by atoms with Crippen LogP contribution in [0.1, 0.15) is 12.6 Å². The lowest BCUT2D eigenvalue weighted by Gasteiger charge is -2.02. The Kier molecular flexibility index (Phi) is 4.40. The topological polar surface area (TPSA) is 91.1 Å². The molecule has 7 nitrogen and oxygen atoms in total. The van der Waals surface area contributed by atoms with Gasteiger partial charge in [-0.05, 0) is 17.9 Å². The van der Waals surface area contributed by atoms with Crippen LogP contribution in [-0.4, -0.2) is 30.0 Å². The number of para-hydroxylation sites is 2. The number of nitrogens with zero attached hydrogens (tertiary/aromatic N) is 5. The Labute approximate surface area is 155 Å². The van der Waals surface area contributed by atoms with Crippen molar-refractivity contribution in [3.05, 3.63) is 46.4 Å². The minimum atomic E-state index is -0.166. The van der Waals surface area contributed by atoms with Crippen molar-refractivity contribution in [2.45, 2.75) is 22.2 Å². The maximum Gasteiger partial charge on any atom is 0.275 e. The fourth-order valence-corrected chi connectivity index (χ4v) is 5.04. The summed E-state index contributed by atoms with van der Waals surface area (Å²) in [7, 11) is 0. The van der Waals surface area contributed by atoms with Crippen molar-refractivity contribution in [1.29, 1.82) is 0 Å². The first-order valence-corrected chi connectivity index (χ1v) is 10.3. The van der Waals surface area contributed by atoms with Gasteiger partial charge in [0.25, 0.3) is 5.56 Å². The Balaban J connectivity index is 1.61. The molecule has 4 rings (SSSR count). The normalized spacial score (nSPS) is 11.6. The van der Waals surface area contributed by atoms with Crippen LogP contribution in [0.4, 0.5) is 0 Å². The van der Waals surface area contributed by atoms with Gasteiger partial charge >= 0.3 is 0 Å². The smallest absolute Gasteiger partial charge is 0.275 e. The Bertz CT molecular complexity index is 1120. The molecule has 3 heterocycles. The lowest BCUT2D eigenvalue weighted by molar-refractivity contribution is 0.848. The monoisotopic (exact) mass is 390 g/mol. The minimum absolute atomic E-state index is 0.166. The zero-order chi connectivity index (χ0) is 17.4. The van der Waals surface area contributed by atoms with E-state index in [0.717, 1.165) is 21.1 Å². The summed E-state index contributed by atoms with van der Waals surface area (Å²) in [6.45, 7) is 2.05. The zero-order valence-electron chi connectivity index (χ0n) is 13.2. The van der Waals surface area contributed by atoms with Crippen molar-refractivity contribution < 1.29 is 0 Å². The van der Waals surface area contributed by atoms with E-state index in [4.69, 9.17) is 5.84 Å². The molecular formula is C15H14N6OS3. The summed E-state index contributed by atoms with van der Waals surface area (Å²) in [4.78, 5) is 21.9. The van der Waals surface area contributed by atoms with Gasteiger partial charge in [0.15, 0.2) is 9.50 Å². The minimum Gasteiger partial charge on any atom is -0.337 e. The number of nitrogens with two attached hydrogens (primary N) is 1. The van der Waals surface area contributed by atoms with Gasteiger partial charge in [-0.2, -0.15) is 4.52 Å². The Morgan fingerprint density at radius 3 is 2.88 bits per heavy atom. The average molecular weight is 391 g/mol. The molecule has 0 saturated heterocycles. The predicted octanol–water partition coefficient (Wildman–Crippen LogP) is 2.62. The summed E-state index contributed by atoms with van der Waals surface area (Å²) in [5, 5.41) is 4.97. The molecule has 0 aliphatic rings. The van der Waals surface area contributed by atoms with Crippen LogP contribution in [0.15, 0.2) is 44.6 Å². The number of fused-ring (bicyclic) bond motifs is 2. The molecule has 25 heavy (non-hydrogen) atoms. The van der Waals surface area contributed by atoms with E-state index >= 15 is 0 Å². The number of aromatic nitrogens is 5. The van der Waals surface area contributed by atoms with Gasteiger partial charge in [0, 0.05) is 11.8 Å². The largest absolute Gasteiger partial charge is 0.337 e. The third-order valence-corrected chi connectivity index (χ3v) is 6.37. The van der Waals surface area contributed by atoms with Crippen molar-refractivity contribution in [2.75, 3.05) is 11.6 Å². The first-order chi connectivity index (χ1) is 12.2. The van der Waals surface area contributed by atoms with E-state index in [0.29, 0.717) is 21.6 Å². The van der Waals surface area contributed by atoms with E-state index in [1.807, 2.05) is 31.2 Å². The Morgan fingerprint density at radius 1 is 1.24 bits per heavy atom. The van der Waals surface area contributed by atoms with E-state index < -0.39 is 0 Å². The highest BCUT2D eigenvalue weighted by atomic mass is 32.2. The average Bonchev–Trinajstić information content (AvgIpc) is 3.15. The molecule has 0 spiro atoms. The summed E-state index contributed by atoms with van der Waals surface area (Å²) in [5.41, 5.74) is 2.25. The van der Waals surface area contributed by atoms with E-state index in [9.17, 15) is 4.79 Å². The van der Waals surface area contributed by atoms with Crippen LogP contribution < -0.4 is 11.4 Å². The molecule has 0 amide bonds. The van der Waals surface area contributed by atoms with Gasteiger partial charge in [0.2, 0.25) is 4.96 Å². The molecule has 0 unspecified atom stereocenters. The van der Waals surface area contributed by atoms with Gasteiger partial charge in [0.05, 0.1) is 16.7 Å². The van der Waals surface area contributed by atoms with Gasteiger partial charge < -0.3 is 5.84 Å². The highest BCUT2D eigenvalue weighted by molar-refractivity contribution is 8.01. The maximum atomic E-state index is 12.2. The lowest BCUT2D eigenvalue weighted by atomic mass is 10.3. The molecule has 0 saturated carbocycles. The zero-order valence-corrected chi connectivity index (χ0v) is 15.7. The summed E-state index contributed by atoms with van der Waals surface area (Å²) in [6, 6.07) is 9.21. The highest BCUT2D eigenvalue weighted by Gasteiger charge is 2.12. The van der Waals surface area contributed by atoms with Gasteiger partial charge in [-0.15, -0.1) is 5.10 Å². The van der Waals surface area contributed by atoms with E-state index in [1.54, 1.807) is 16.4 Å². The standard InChI is InChI=1S/C15H14N6OS3/c1-2-23-15-19-21-12(22)7-9(17-14(21)25-15)8-24-13-18-10-5-3-4-6-11(10)20(13)16/h3-7H,2,8,16H2,1H3. The molecule has 0 aliphatic carbocycles. The Morgan fingerprint density at radius 2 is 2.08 bits per heavy atom. The SMILES string of the molecule is CCSc1nn2c(=O)cc(CSc3nc4ccccc4n3N)nc2s1. The highest BCUT2D eigenvalue weighted by Crippen LogP contribution is 2.26. The number of imidazole rings is 1. The number of hydrogen-bond donors (Lipinski definition) is 1. The number of hydrogen-bond acceptors (Lipinski definition) is 8. The summed E-state index contributed by atoms with van der Waals surface area (Å²) in [6.07, 6.45) is 0. The number of nitrogen functional groups attached to an aromatic ring is 1. The second-order valence-corrected chi connectivity index (χ2v) is 8.53. The van der Waals surface area contributed by atoms with Crippen LogP contribution >= 0.6 is 34.9 Å². The summed E-state index contributed by atoms with van der Waals surface area (Å²) in [5.74, 6) is 7.52. The van der Waals surface area contributed by atoms with Crippen LogP contribution in [-0.2, 0) is 5.75 Å². The van der Waals surface area contributed by atoms with Crippen molar-refractivity contribution in [2.24, 2.45) is 0 Å². The van der Waals surface area contributed by atoms with E-state index in [1.165, 1.54) is 33.7 Å². The van der Waals surface area contributed by atoms with Gasteiger partial charge in [-0.3, -0.25) is 4.79 Å². The fraction of sp³-hybridized carbons (Fsp3) is 0.200. The van der Waals surface area contributed by atoms with E-state index in [2.05, 4.69) is 15.1 Å². The van der Waals surface area contributed by atoms with Crippen molar-refractivity contribution in [3.63, 3.8) is 0 Å². The molecule has 0 bridgehead atoms. The van der Waals surface area contributed by atoms with Crippen molar-refractivity contribution in [3.8, 4) is 0 Å². The molecular weight excluding hydrogens is 376 g/mol. The van der Waals surface area contributed by atoms with Crippen molar-refractivity contribution in [1.82, 2.24) is 24.3 Å². The molecule has 0 radical (unpaired) electrons. The van der Waals surface area contributed by atoms with Gasteiger partial charge in [0.1, 0.15) is 0 Å². The molecule has 1 aromatic carbocycles. The summed E-state index contributed by atoms with van der Waals surface area (Å²) >= 11 is 4.49.